The lowest BCUT2D eigenvalue weighted by Crippen LogP contribution is -2.48. The van der Waals surface area contributed by atoms with Crippen LogP contribution in [0.2, 0.25) is 15.1 Å². The van der Waals surface area contributed by atoms with E-state index in [0.717, 1.165) is 22.0 Å². The van der Waals surface area contributed by atoms with E-state index in [9.17, 15) is 9.59 Å². The van der Waals surface area contributed by atoms with Gasteiger partial charge in [-0.25, -0.2) is 5.43 Å². The smallest absolute Gasteiger partial charge is 0.262 e. The Kier molecular flexibility index (Phi) is 8.54. The van der Waals surface area contributed by atoms with Crippen LogP contribution >= 0.6 is 34.8 Å². The van der Waals surface area contributed by atoms with Crippen LogP contribution in [-0.2, 0) is 11.3 Å². The van der Waals surface area contributed by atoms with Crippen LogP contribution in [0, 0.1) is 5.92 Å². The predicted molar refractivity (Wildman–Crippen MR) is 151 cm³/mol. The number of nitrogens with zero attached hydrogens (tertiary/aromatic N) is 2. The van der Waals surface area contributed by atoms with E-state index in [1.807, 2.05) is 68.6 Å². The summed E-state index contributed by atoms with van der Waals surface area (Å²) in [5.41, 5.74) is 5.64. The zero-order valence-corrected chi connectivity index (χ0v) is 22.5. The standard InChI is InChI=1S/C28H25Cl3N4O2/c1-17(2)26(33-27(36)22-12-11-20(29)13-24(22)31)28(37)34-32-14-19-16-35(25-10-6-4-8-21(19)25)15-18-7-3-5-9-23(18)30/h3-14,16-17,26H,15H2,1-2H3,(H,33,36)(H,34,37). The Balaban J connectivity index is 1.50. The van der Waals surface area contributed by atoms with Crippen molar-refractivity contribution in [3.63, 3.8) is 0 Å². The van der Waals surface area contributed by atoms with Gasteiger partial charge in [-0.15, -0.1) is 0 Å². The van der Waals surface area contributed by atoms with Crippen molar-refractivity contribution in [2.75, 3.05) is 0 Å². The first-order valence-electron chi connectivity index (χ1n) is 11.6. The third kappa shape index (κ3) is 6.34. The molecule has 1 heterocycles. The summed E-state index contributed by atoms with van der Waals surface area (Å²) < 4.78 is 2.09. The monoisotopic (exact) mass is 554 g/mol. The lowest BCUT2D eigenvalue weighted by atomic mass is 10.0. The number of amides is 2. The summed E-state index contributed by atoms with van der Waals surface area (Å²) in [4.78, 5) is 25.7. The lowest BCUT2D eigenvalue weighted by molar-refractivity contribution is -0.123. The molecule has 9 heteroatoms. The maximum absolute atomic E-state index is 12.9. The van der Waals surface area contributed by atoms with Crippen LogP contribution in [0.1, 0.15) is 35.3 Å². The minimum absolute atomic E-state index is 0.192. The number of rotatable bonds is 8. The second kappa shape index (κ2) is 11.8. The van der Waals surface area contributed by atoms with E-state index < -0.39 is 17.9 Å². The van der Waals surface area contributed by atoms with E-state index in [1.54, 1.807) is 12.3 Å². The van der Waals surface area contributed by atoms with Crippen molar-refractivity contribution in [3.05, 3.63) is 105 Å². The van der Waals surface area contributed by atoms with E-state index in [-0.39, 0.29) is 16.5 Å². The molecule has 2 N–H and O–H groups in total. The second-order valence-electron chi connectivity index (χ2n) is 8.87. The molecule has 4 aromatic rings. The molecule has 0 bridgehead atoms. The molecule has 1 aromatic heterocycles. The molecule has 0 aliphatic heterocycles. The molecule has 1 unspecified atom stereocenters. The minimum Gasteiger partial charge on any atom is -0.342 e. The molecule has 1 atom stereocenters. The number of halogens is 3. The van der Waals surface area contributed by atoms with Gasteiger partial charge in [0.15, 0.2) is 0 Å². The van der Waals surface area contributed by atoms with Crippen molar-refractivity contribution in [2.45, 2.75) is 26.4 Å². The zero-order chi connectivity index (χ0) is 26.5. The van der Waals surface area contributed by atoms with Crippen LogP contribution in [0.3, 0.4) is 0 Å². The molecule has 0 saturated heterocycles. The van der Waals surface area contributed by atoms with Crippen molar-refractivity contribution >= 4 is 63.7 Å². The molecular weight excluding hydrogens is 531 g/mol. The Labute approximate surface area is 230 Å². The zero-order valence-electron chi connectivity index (χ0n) is 20.2. The third-order valence-electron chi connectivity index (χ3n) is 5.91. The average Bonchev–Trinajstić information content (AvgIpc) is 3.21. The number of hydrogen-bond acceptors (Lipinski definition) is 3. The molecule has 0 spiro atoms. The van der Waals surface area contributed by atoms with Crippen LogP contribution in [0.5, 0.6) is 0 Å². The maximum atomic E-state index is 12.9. The van der Waals surface area contributed by atoms with Gasteiger partial charge < -0.3 is 9.88 Å². The highest BCUT2D eigenvalue weighted by molar-refractivity contribution is 6.36. The number of benzene rings is 3. The minimum atomic E-state index is -0.821. The van der Waals surface area contributed by atoms with Crippen molar-refractivity contribution in [1.29, 1.82) is 0 Å². The summed E-state index contributed by atoms with van der Waals surface area (Å²) in [6, 6.07) is 19.4. The van der Waals surface area contributed by atoms with Gasteiger partial charge in [0.05, 0.1) is 16.8 Å². The van der Waals surface area contributed by atoms with Gasteiger partial charge in [0, 0.05) is 39.3 Å². The normalized spacial score (nSPS) is 12.3. The van der Waals surface area contributed by atoms with Gasteiger partial charge in [-0.3, -0.25) is 9.59 Å². The van der Waals surface area contributed by atoms with Crippen LogP contribution in [-0.4, -0.2) is 28.6 Å². The van der Waals surface area contributed by atoms with Crippen LogP contribution in [0.15, 0.2) is 78.0 Å². The molecule has 0 saturated carbocycles. The Hall–Kier alpha value is -3.32. The van der Waals surface area contributed by atoms with Crippen molar-refractivity contribution in [2.24, 2.45) is 11.0 Å². The van der Waals surface area contributed by atoms with Gasteiger partial charge in [0.1, 0.15) is 6.04 Å². The van der Waals surface area contributed by atoms with E-state index in [2.05, 4.69) is 20.4 Å². The molecule has 6 nitrogen and oxygen atoms in total. The quantitative estimate of drug-likeness (QED) is 0.191. The summed E-state index contributed by atoms with van der Waals surface area (Å²) in [7, 11) is 0. The van der Waals surface area contributed by atoms with E-state index in [4.69, 9.17) is 34.8 Å². The van der Waals surface area contributed by atoms with Crippen LogP contribution in [0.4, 0.5) is 0 Å². The summed E-state index contributed by atoms with van der Waals surface area (Å²) >= 11 is 18.4. The third-order valence-corrected chi connectivity index (χ3v) is 6.82. The number of carbonyl (C=O) groups is 2. The van der Waals surface area contributed by atoms with E-state index in [0.29, 0.717) is 16.6 Å². The van der Waals surface area contributed by atoms with Gasteiger partial charge in [-0.2, -0.15) is 5.10 Å². The molecule has 4 rings (SSSR count). The number of carbonyl (C=O) groups excluding carboxylic acids is 2. The van der Waals surface area contributed by atoms with Gasteiger partial charge in [-0.05, 0) is 41.8 Å². The van der Waals surface area contributed by atoms with Gasteiger partial charge in [0.25, 0.3) is 11.8 Å². The first-order valence-corrected chi connectivity index (χ1v) is 12.8. The Morgan fingerprint density at radius 3 is 2.43 bits per heavy atom. The Morgan fingerprint density at radius 1 is 0.973 bits per heavy atom. The summed E-state index contributed by atoms with van der Waals surface area (Å²) in [6.45, 7) is 4.26. The first-order chi connectivity index (χ1) is 17.7. The van der Waals surface area contributed by atoms with Gasteiger partial charge >= 0.3 is 0 Å². The summed E-state index contributed by atoms with van der Waals surface area (Å²) in [5.74, 6) is -1.10. The highest BCUT2D eigenvalue weighted by Gasteiger charge is 2.25. The molecule has 0 fully saturated rings. The fraction of sp³-hybridized carbons (Fsp3) is 0.179. The number of fused-ring (bicyclic) bond motifs is 1. The van der Waals surface area contributed by atoms with E-state index in [1.165, 1.54) is 12.1 Å². The molecule has 2 amide bonds. The van der Waals surface area contributed by atoms with Gasteiger partial charge in [-0.1, -0.05) is 85.0 Å². The second-order valence-corrected chi connectivity index (χ2v) is 10.1. The number of nitrogens with one attached hydrogen (secondary N) is 2. The number of hydrogen-bond donors (Lipinski definition) is 2. The van der Waals surface area contributed by atoms with Crippen molar-refractivity contribution < 1.29 is 9.59 Å². The highest BCUT2D eigenvalue weighted by atomic mass is 35.5. The fourth-order valence-electron chi connectivity index (χ4n) is 3.98. The molecule has 0 aliphatic carbocycles. The highest BCUT2D eigenvalue weighted by Crippen LogP contribution is 2.24. The molecule has 190 valence electrons. The summed E-state index contributed by atoms with van der Waals surface area (Å²) in [5, 5.41) is 9.23. The first kappa shape index (κ1) is 26.7. The topological polar surface area (TPSA) is 75.5 Å². The number of para-hydroxylation sites is 1. The maximum Gasteiger partial charge on any atom is 0.262 e. The Morgan fingerprint density at radius 2 is 1.70 bits per heavy atom. The number of aromatic nitrogens is 1. The predicted octanol–water partition coefficient (Wildman–Crippen LogP) is 6.55. The van der Waals surface area contributed by atoms with Crippen LogP contribution < -0.4 is 10.7 Å². The van der Waals surface area contributed by atoms with Gasteiger partial charge in [0.2, 0.25) is 0 Å². The molecule has 0 radical (unpaired) electrons. The summed E-state index contributed by atoms with van der Waals surface area (Å²) in [6.07, 6.45) is 3.56. The average molecular weight is 556 g/mol. The van der Waals surface area contributed by atoms with E-state index >= 15 is 0 Å². The van der Waals surface area contributed by atoms with Crippen LogP contribution in [0.25, 0.3) is 10.9 Å². The molecule has 0 aliphatic rings. The molecule has 3 aromatic carbocycles. The van der Waals surface area contributed by atoms with Crippen molar-refractivity contribution in [3.8, 4) is 0 Å². The largest absolute Gasteiger partial charge is 0.342 e. The SMILES string of the molecule is CC(C)C(NC(=O)c1ccc(Cl)cc1Cl)C(=O)NN=Cc1cn(Cc2ccccc2Cl)c2ccccc12. The van der Waals surface area contributed by atoms with Crippen molar-refractivity contribution in [1.82, 2.24) is 15.3 Å². The lowest BCUT2D eigenvalue weighted by Gasteiger charge is -2.20. The molecular formula is C28H25Cl3N4O2. The fourth-order valence-corrected chi connectivity index (χ4v) is 4.67. The Bertz CT molecular complexity index is 1480. The number of hydrazone groups is 1. The molecule has 37 heavy (non-hydrogen) atoms.